The molecule has 0 saturated carbocycles. The van der Waals surface area contributed by atoms with Gasteiger partial charge in [0, 0.05) is 17.7 Å². The van der Waals surface area contributed by atoms with Gasteiger partial charge in [0.25, 0.3) is 0 Å². The van der Waals surface area contributed by atoms with Crippen LogP contribution in [0.3, 0.4) is 0 Å². The highest BCUT2D eigenvalue weighted by molar-refractivity contribution is 5.46. The molecule has 6 nitrogen and oxygen atoms in total. The van der Waals surface area contributed by atoms with Gasteiger partial charge in [-0.3, -0.25) is 9.59 Å². The minimum absolute atomic E-state index is 0.000261. The van der Waals surface area contributed by atoms with Crippen LogP contribution in [0.4, 0.5) is 13.2 Å². The van der Waals surface area contributed by atoms with Crippen LogP contribution in [0.25, 0.3) is 0 Å². The Labute approximate surface area is 155 Å². The van der Waals surface area contributed by atoms with Crippen LogP contribution in [0, 0.1) is 31.3 Å². The first kappa shape index (κ1) is 19.3. The predicted molar refractivity (Wildman–Crippen MR) is 90.0 cm³/mol. The average molecular weight is 394 g/mol. The highest BCUT2D eigenvalue weighted by Crippen LogP contribution is 2.40. The molecule has 0 radical (unpaired) electrons. The van der Waals surface area contributed by atoms with Crippen LogP contribution in [-0.4, -0.2) is 10.2 Å². The summed E-state index contributed by atoms with van der Waals surface area (Å²) in [6, 6.07) is 3.33. The molecule has 0 aliphatic carbocycles. The van der Waals surface area contributed by atoms with Crippen molar-refractivity contribution in [1.82, 2.24) is 0 Å². The van der Waals surface area contributed by atoms with Gasteiger partial charge in [0.05, 0.1) is 0 Å². The number of hydrogen-bond acceptors (Lipinski definition) is 6. The van der Waals surface area contributed by atoms with Crippen molar-refractivity contribution in [3.8, 4) is 11.5 Å². The smallest absolute Gasteiger partial charge is 0.227 e. The largest absolute Gasteiger partial charge is 0.502 e. The maximum atomic E-state index is 14.5. The highest BCUT2D eigenvalue weighted by atomic mass is 19.2. The van der Waals surface area contributed by atoms with E-state index in [4.69, 9.17) is 8.83 Å². The van der Waals surface area contributed by atoms with E-state index in [9.17, 15) is 33.0 Å². The molecule has 0 saturated heterocycles. The predicted octanol–water partition coefficient (Wildman–Crippen LogP) is 3.22. The summed E-state index contributed by atoms with van der Waals surface area (Å²) in [4.78, 5) is 23.9. The van der Waals surface area contributed by atoms with Crippen molar-refractivity contribution in [2.45, 2.75) is 19.8 Å². The molecule has 0 fully saturated rings. The molecule has 0 aliphatic rings. The van der Waals surface area contributed by atoms with Gasteiger partial charge in [0.1, 0.15) is 17.4 Å². The Morgan fingerprint density at radius 1 is 0.821 bits per heavy atom. The van der Waals surface area contributed by atoms with Crippen LogP contribution in [0.15, 0.2) is 42.7 Å². The molecule has 3 aromatic rings. The number of halogens is 3. The Balaban J connectivity index is 2.46. The van der Waals surface area contributed by atoms with Gasteiger partial charge in [-0.15, -0.1) is 0 Å². The fourth-order valence-electron chi connectivity index (χ4n) is 2.81. The molecule has 2 heterocycles. The van der Waals surface area contributed by atoms with Crippen molar-refractivity contribution in [1.29, 1.82) is 0 Å². The Kier molecular flexibility index (Phi) is 4.76. The van der Waals surface area contributed by atoms with Crippen LogP contribution >= 0.6 is 0 Å². The summed E-state index contributed by atoms with van der Waals surface area (Å²) >= 11 is 0. The lowest BCUT2D eigenvalue weighted by molar-refractivity contribution is 0.340. The van der Waals surface area contributed by atoms with Crippen molar-refractivity contribution in [3.63, 3.8) is 0 Å². The van der Waals surface area contributed by atoms with Gasteiger partial charge < -0.3 is 19.0 Å². The molecule has 2 aromatic heterocycles. The van der Waals surface area contributed by atoms with E-state index in [-0.39, 0.29) is 11.5 Å². The van der Waals surface area contributed by atoms with E-state index in [1.807, 2.05) is 0 Å². The van der Waals surface area contributed by atoms with Gasteiger partial charge >= 0.3 is 0 Å². The third kappa shape index (κ3) is 3.15. The van der Waals surface area contributed by atoms with Crippen molar-refractivity contribution in [3.05, 3.63) is 90.8 Å². The quantitative estimate of drug-likeness (QED) is 0.662. The molecule has 0 spiro atoms. The molecular weight excluding hydrogens is 381 g/mol. The first-order valence-electron chi connectivity index (χ1n) is 7.92. The summed E-state index contributed by atoms with van der Waals surface area (Å²) in [6.07, 6.45) is 0. The minimum Gasteiger partial charge on any atom is -0.502 e. The number of aryl methyl sites for hydroxylation is 2. The molecule has 0 bridgehead atoms. The Bertz CT molecular complexity index is 1130. The van der Waals surface area contributed by atoms with E-state index in [1.165, 1.54) is 13.8 Å². The zero-order valence-corrected chi connectivity index (χ0v) is 14.5. The van der Waals surface area contributed by atoms with Gasteiger partial charge in [-0.05, 0) is 19.9 Å². The molecule has 9 heteroatoms. The number of hydrogen-bond donors (Lipinski definition) is 2. The van der Waals surface area contributed by atoms with Crippen LogP contribution in [0.1, 0.15) is 34.5 Å². The summed E-state index contributed by atoms with van der Waals surface area (Å²) in [5.41, 5.74) is -2.44. The molecule has 0 atom stereocenters. The summed E-state index contributed by atoms with van der Waals surface area (Å²) in [6.45, 7) is 2.71. The zero-order valence-electron chi connectivity index (χ0n) is 14.5. The van der Waals surface area contributed by atoms with Crippen LogP contribution in [0.5, 0.6) is 11.5 Å². The van der Waals surface area contributed by atoms with Gasteiger partial charge in [-0.25, -0.2) is 13.2 Å². The SMILES string of the molecule is Cc1cc(=O)c(O)c(C(c2ccc(F)c(F)c2F)c2oc(C)cc(=O)c2O)o1. The van der Waals surface area contributed by atoms with Gasteiger partial charge in [0.15, 0.2) is 29.0 Å². The van der Waals surface area contributed by atoms with E-state index in [0.717, 1.165) is 18.2 Å². The molecular formula is C19H13F3O6. The van der Waals surface area contributed by atoms with Crippen molar-refractivity contribution < 1.29 is 32.2 Å². The second-order valence-electron chi connectivity index (χ2n) is 6.07. The fourth-order valence-corrected chi connectivity index (χ4v) is 2.81. The standard InChI is InChI=1S/C19H13F3O6/c1-7-5-11(23)16(25)18(27-7)13(9-3-4-10(20)15(22)14(9)21)19-17(26)12(24)6-8(2)28-19/h3-6,13,25-26H,1-2H3. The number of benzene rings is 1. The highest BCUT2D eigenvalue weighted by Gasteiger charge is 2.34. The van der Waals surface area contributed by atoms with Gasteiger partial charge in [0.2, 0.25) is 22.4 Å². The molecule has 0 unspecified atom stereocenters. The minimum atomic E-state index is -1.83. The van der Waals surface area contributed by atoms with Crippen LogP contribution in [-0.2, 0) is 0 Å². The summed E-state index contributed by atoms with van der Waals surface area (Å²) < 4.78 is 52.4. The summed E-state index contributed by atoms with van der Waals surface area (Å²) in [5.74, 6) is -9.89. The Morgan fingerprint density at radius 3 is 1.75 bits per heavy atom. The lowest BCUT2D eigenvalue weighted by Crippen LogP contribution is -2.15. The molecule has 1 aromatic carbocycles. The maximum Gasteiger partial charge on any atom is 0.227 e. The zero-order chi connectivity index (χ0) is 20.7. The van der Waals surface area contributed by atoms with Gasteiger partial charge in [-0.1, -0.05) is 6.07 Å². The number of aromatic hydroxyl groups is 2. The maximum absolute atomic E-state index is 14.5. The second kappa shape index (κ2) is 6.91. The average Bonchev–Trinajstić information content (AvgIpc) is 2.62. The van der Waals surface area contributed by atoms with Crippen molar-refractivity contribution >= 4 is 0 Å². The van der Waals surface area contributed by atoms with E-state index < -0.39 is 62.8 Å². The molecule has 0 aliphatic heterocycles. The Hall–Kier alpha value is -3.49. The molecule has 146 valence electrons. The molecule has 3 rings (SSSR count). The monoisotopic (exact) mass is 394 g/mol. The lowest BCUT2D eigenvalue weighted by atomic mass is 9.91. The Morgan fingerprint density at radius 2 is 1.29 bits per heavy atom. The summed E-state index contributed by atoms with van der Waals surface area (Å²) in [5, 5.41) is 20.3. The van der Waals surface area contributed by atoms with Crippen molar-refractivity contribution in [2.24, 2.45) is 0 Å². The topological polar surface area (TPSA) is 101 Å². The fraction of sp³-hybridized carbons (Fsp3) is 0.158. The van der Waals surface area contributed by atoms with E-state index in [0.29, 0.717) is 6.07 Å². The van der Waals surface area contributed by atoms with E-state index in [2.05, 4.69) is 0 Å². The molecule has 2 N–H and O–H groups in total. The van der Waals surface area contributed by atoms with Crippen molar-refractivity contribution in [2.75, 3.05) is 0 Å². The number of rotatable bonds is 3. The first-order chi connectivity index (χ1) is 13.1. The van der Waals surface area contributed by atoms with E-state index >= 15 is 0 Å². The third-order valence-corrected chi connectivity index (χ3v) is 4.04. The van der Waals surface area contributed by atoms with E-state index in [1.54, 1.807) is 0 Å². The van der Waals surface area contributed by atoms with Gasteiger partial charge in [-0.2, -0.15) is 0 Å². The lowest BCUT2D eigenvalue weighted by Gasteiger charge is -2.19. The second-order valence-corrected chi connectivity index (χ2v) is 6.07. The van der Waals surface area contributed by atoms with Crippen LogP contribution in [0.2, 0.25) is 0 Å². The normalized spacial score (nSPS) is 11.2. The van der Waals surface area contributed by atoms with Crippen LogP contribution < -0.4 is 10.9 Å². The first-order valence-corrected chi connectivity index (χ1v) is 7.92. The molecule has 0 amide bonds. The molecule has 28 heavy (non-hydrogen) atoms. The summed E-state index contributed by atoms with van der Waals surface area (Å²) in [7, 11) is 0. The third-order valence-electron chi connectivity index (χ3n) is 4.04.